The SMILES string of the molecule is CC(C)(C)CC(=O)Nc1nc2c(nc1C(F)(F)F)N(Cc1ccccc1)CCC2. The standard InChI is InChI=1S/C21H25F3N4O/c1-20(2,3)12-16(29)26-18-17(21(22,23)24)27-19-15(25-18)10-7-11-28(19)13-14-8-5-4-6-9-14/h4-6,8-9H,7,10-13H2,1-3H3,(H,25,26,29). The van der Waals surface area contributed by atoms with Crippen LogP contribution in [0.1, 0.15) is 50.6 Å². The highest BCUT2D eigenvalue weighted by atomic mass is 19.4. The lowest BCUT2D eigenvalue weighted by atomic mass is 9.92. The molecule has 0 atom stereocenters. The second-order valence-electron chi connectivity index (χ2n) is 8.49. The summed E-state index contributed by atoms with van der Waals surface area (Å²) in [7, 11) is 0. The summed E-state index contributed by atoms with van der Waals surface area (Å²) in [6, 6.07) is 9.52. The first-order valence-corrected chi connectivity index (χ1v) is 9.60. The zero-order chi connectivity index (χ0) is 21.2. The smallest absolute Gasteiger partial charge is 0.351 e. The van der Waals surface area contributed by atoms with Crippen LogP contribution in [0.5, 0.6) is 0 Å². The number of hydrogen-bond donors (Lipinski definition) is 1. The minimum atomic E-state index is -4.72. The highest BCUT2D eigenvalue weighted by Gasteiger charge is 2.39. The van der Waals surface area contributed by atoms with Gasteiger partial charge in [0.05, 0.1) is 5.69 Å². The fraction of sp³-hybridized carbons (Fsp3) is 0.476. The Morgan fingerprint density at radius 1 is 1.14 bits per heavy atom. The molecule has 1 aliphatic rings. The molecule has 29 heavy (non-hydrogen) atoms. The largest absolute Gasteiger partial charge is 0.437 e. The molecule has 2 heterocycles. The maximum absolute atomic E-state index is 13.7. The Morgan fingerprint density at radius 3 is 2.45 bits per heavy atom. The van der Waals surface area contributed by atoms with Crippen LogP contribution in [0.3, 0.4) is 0 Å². The molecule has 0 aliphatic carbocycles. The topological polar surface area (TPSA) is 58.1 Å². The van der Waals surface area contributed by atoms with E-state index in [1.165, 1.54) is 0 Å². The van der Waals surface area contributed by atoms with Crippen LogP contribution >= 0.6 is 0 Å². The highest BCUT2D eigenvalue weighted by Crippen LogP contribution is 2.37. The summed E-state index contributed by atoms with van der Waals surface area (Å²) < 4.78 is 41.1. The van der Waals surface area contributed by atoms with Crippen molar-refractivity contribution in [1.29, 1.82) is 0 Å². The van der Waals surface area contributed by atoms with E-state index in [9.17, 15) is 18.0 Å². The van der Waals surface area contributed by atoms with Gasteiger partial charge in [-0.05, 0) is 23.8 Å². The van der Waals surface area contributed by atoms with E-state index >= 15 is 0 Å². The average molecular weight is 406 g/mol. The van der Waals surface area contributed by atoms with Crippen molar-refractivity contribution in [3.8, 4) is 0 Å². The Morgan fingerprint density at radius 2 is 1.83 bits per heavy atom. The molecule has 0 unspecified atom stereocenters. The van der Waals surface area contributed by atoms with Crippen molar-refractivity contribution in [2.24, 2.45) is 5.41 Å². The molecule has 1 aliphatic heterocycles. The number of nitrogens with one attached hydrogen (secondary N) is 1. The number of nitrogens with zero attached hydrogens (tertiary/aromatic N) is 3. The van der Waals surface area contributed by atoms with Crippen LogP contribution in [0.2, 0.25) is 0 Å². The number of amides is 1. The molecule has 1 N–H and O–H groups in total. The molecule has 1 aromatic heterocycles. The van der Waals surface area contributed by atoms with Crippen molar-refractivity contribution in [2.75, 3.05) is 16.8 Å². The number of hydrogen-bond acceptors (Lipinski definition) is 4. The number of halogens is 3. The van der Waals surface area contributed by atoms with Gasteiger partial charge in [0, 0.05) is 19.5 Å². The van der Waals surface area contributed by atoms with Crippen molar-refractivity contribution in [2.45, 2.75) is 52.8 Å². The lowest BCUT2D eigenvalue weighted by Gasteiger charge is -2.30. The first kappa shape index (κ1) is 21.1. The van der Waals surface area contributed by atoms with Crippen molar-refractivity contribution >= 4 is 17.5 Å². The lowest BCUT2D eigenvalue weighted by molar-refractivity contribution is -0.140. The molecule has 1 amide bonds. The van der Waals surface area contributed by atoms with Gasteiger partial charge in [-0.1, -0.05) is 51.1 Å². The molecule has 156 valence electrons. The summed E-state index contributed by atoms with van der Waals surface area (Å²) in [4.78, 5) is 22.2. The van der Waals surface area contributed by atoms with Gasteiger partial charge in [0.25, 0.3) is 0 Å². The maximum atomic E-state index is 13.7. The molecule has 0 bridgehead atoms. The van der Waals surface area contributed by atoms with Gasteiger partial charge < -0.3 is 10.2 Å². The Kier molecular flexibility index (Phi) is 5.82. The summed E-state index contributed by atoms with van der Waals surface area (Å²) in [6.45, 7) is 6.59. The number of anilines is 2. The maximum Gasteiger partial charge on any atom is 0.437 e. The van der Waals surface area contributed by atoms with Crippen LogP contribution in [0.25, 0.3) is 0 Å². The summed E-state index contributed by atoms with van der Waals surface area (Å²) in [6.07, 6.45) is -3.35. The average Bonchev–Trinajstić information content (AvgIpc) is 2.59. The van der Waals surface area contributed by atoms with Crippen LogP contribution in [-0.2, 0) is 23.9 Å². The number of aromatic nitrogens is 2. The van der Waals surface area contributed by atoms with E-state index in [2.05, 4.69) is 15.3 Å². The third-order valence-corrected chi connectivity index (χ3v) is 4.52. The first-order chi connectivity index (χ1) is 13.5. The minimum absolute atomic E-state index is 0.0865. The van der Waals surface area contributed by atoms with E-state index in [1.807, 2.05) is 56.0 Å². The number of fused-ring (bicyclic) bond motifs is 1. The van der Waals surface area contributed by atoms with E-state index in [0.29, 0.717) is 25.2 Å². The molecule has 0 saturated carbocycles. The van der Waals surface area contributed by atoms with Gasteiger partial charge in [-0.15, -0.1) is 0 Å². The Balaban J connectivity index is 1.95. The third kappa shape index (κ3) is 5.46. The quantitative estimate of drug-likeness (QED) is 0.791. The number of carbonyl (C=O) groups is 1. The second kappa shape index (κ2) is 8.00. The van der Waals surface area contributed by atoms with E-state index in [-0.39, 0.29) is 17.7 Å². The van der Waals surface area contributed by atoms with Crippen molar-refractivity contribution in [3.05, 3.63) is 47.3 Å². The molecule has 1 aromatic carbocycles. The van der Waals surface area contributed by atoms with Crippen LogP contribution in [0, 0.1) is 5.41 Å². The molecule has 0 radical (unpaired) electrons. The van der Waals surface area contributed by atoms with Crippen molar-refractivity contribution in [1.82, 2.24) is 9.97 Å². The molecule has 3 rings (SSSR count). The molecule has 0 saturated heterocycles. The summed E-state index contributed by atoms with van der Waals surface area (Å²) >= 11 is 0. The molecule has 5 nitrogen and oxygen atoms in total. The Labute approximate surface area is 168 Å². The van der Waals surface area contributed by atoms with Gasteiger partial charge in [0.15, 0.2) is 17.3 Å². The lowest BCUT2D eigenvalue weighted by Crippen LogP contribution is -2.32. The number of aryl methyl sites for hydroxylation is 1. The molecule has 0 spiro atoms. The predicted molar refractivity (Wildman–Crippen MR) is 106 cm³/mol. The number of benzene rings is 1. The summed E-state index contributed by atoms with van der Waals surface area (Å²) in [5, 5.41) is 2.34. The fourth-order valence-corrected chi connectivity index (χ4v) is 3.33. The summed E-state index contributed by atoms with van der Waals surface area (Å²) in [5.41, 5.74) is -0.0423. The van der Waals surface area contributed by atoms with E-state index in [1.54, 1.807) is 0 Å². The van der Waals surface area contributed by atoms with E-state index in [4.69, 9.17) is 0 Å². The van der Waals surface area contributed by atoms with Crippen LogP contribution in [-0.4, -0.2) is 22.4 Å². The number of alkyl halides is 3. The van der Waals surface area contributed by atoms with Crippen LogP contribution in [0.15, 0.2) is 30.3 Å². The van der Waals surface area contributed by atoms with Gasteiger partial charge in [-0.3, -0.25) is 4.79 Å². The summed E-state index contributed by atoms with van der Waals surface area (Å²) in [5.74, 6) is -0.775. The van der Waals surface area contributed by atoms with Gasteiger partial charge in [-0.2, -0.15) is 13.2 Å². The number of carbonyl (C=O) groups excluding carboxylic acids is 1. The van der Waals surface area contributed by atoms with Gasteiger partial charge in [0.1, 0.15) is 0 Å². The highest BCUT2D eigenvalue weighted by molar-refractivity contribution is 5.90. The monoisotopic (exact) mass is 406 g/mol. The molecular weight excluding hydrogens is 381 g/mol. The molecule has 0 fully saturated rings. The molecule has 2 aromatic rings. The van der Waals surface area contributed by atoms with Crippen molar-refractivity contribution < 1.29 is 18.0 Å². The van der Waals surface area contributed by atoms with Crippen molar-refractivity contribution in [3.63, 3.8) is 0 Å². The first-order valence-electron chi connectivity index (χ1n) is 9.60. The normalized spacial score (nSPS) is 14.5. The number of rotatable bonds is 4. The van der Waals surface area contributed by atoms with E-state index in [0.717, 1.165) is 12.0 Å². The van der Waals surface area contributed by atoms with Crippen LogP contribution in [0.4, 0.5) is 24.8 Å². The fourth-order valence-electron chi connectivity index (χ4n) is 3.33. The second-order valence-corrected chi connectivity index (χ2v) is 8.49. The van der Waals surface area contributed by atoms with E-state index < -0.39 is 23.6 Å². The van der Waals surface area contributed by atoms with Gasteiger partial charge in [0.2, 0.25) is 5.91 Å². The third-order valence-electron chi connectivity index (χ3n) is 4.52. The Bertz CT molecular complexity index is 876. The molecule has 8 heteroatoms. The zero-order valence-electron chi connectivity index (χ0n) is 16.8. The Hall–Kier alpha value is -2.64. The molecular formula is C21H25F3N4O. The predicted octanol–water partition coefficient (Wildman–Crippen LogP) is 4.82. The zero-order valence-corrected chi connectivity index (χ0v) is 16.8. The van der Waals surface area contributed by atoms with Crippen LogP contribution < -0.4 is 10.2 Å². The van der Waals surface area contributed by atoms with Gasteiger partial charge in [-0.25, -0.2) is 9.97 Å². The minimum Gasteiger partial charge on any atom is -0.351 e. The van der Waals surface area contributed by atoms with Gasteiger partial charge >= 0.3 is 6.18 Å².